The van der Waals surface area contributed by atoms with E-state index in [1.165, 1.54) is 4.57 Å². The lowest BCUT2D eigenvalue weighted by Crippen LogP contribution is -2.63. The van der Waals surface area contributed by atoms with Gasteiger partial charge in [0.2, 0.25) is 11.8 Å². The number of aryl methyl sites for hydroxylation is 1. The highest BCUT2D eigenvalue weighted by molar-refractivity contribution is 6.61. The number of nitrogens with two attached hydrogens (primary N) is 1. The molecule has 3 atom stereocenters. The number of piperidine rings is 1. The summed E-state index contributed by atoms with van der Waals surface area (Å²) in [5.41, 5.74) is 8.38. The number of imide groups is 1. The molecule has 2 aromatic rings. The normalized spacial score (nSPS) is 25.5. The van der Waals surface area contributed by atoms with Gasteiger partial charge in [-0.15, -0.1) is 0 Å². The first-order valence-electron chi connectivity index (χ1n) is 9.08. The van der Waals surface area contributed by atoms with Crippen LogP contribution in [0.3, 0.4) is 0 Å². The van der Waals surface area contributed by atoms with Gasteiger partial charge in [0.15, 0.2) is 0 Å². The number of fused-ring (bicyclic) bond motifs is 1. The summed E-state index contributed by atoms with van der Waals surface area (Å²) < 4.78 is 1.41. The molecule has 2 amide bonds. The zero-order chi connectivity index (χ0) is 20.4. The Morgan fingerprint density at radius 3 is 2.30 bits per heavy atom. The molecule has 7 nitrogen and oxygen atoms in total. The summed E-state index contributed by atoms with van der Waals surface area (Å²) >= 11 is 0. The molecule has 0 aliphatic carbocycles. The van der Waals surface area contributed by atoms with Crippen molar-refractivity contribution in [2.75, 3.05) is 5.73 Å². The quantitative estimate of drug-likeness (QED) is 0.300. The number of nitrogens with zero attached hydrogens (tertiary/aromatic N) is 2. The summed E-state index contributed by atoms with van der Waals surface area (Å²) in [7, 11) is 11.0. The molecule has 27 heavy (non-hydrogen) atoms. The van der Waals surface area contributed by atoms with Gasteiger partial charge < -0.3 is 5.73 Å². The highest BCUT2D eigenvalue weighted by Gasteiger charge is 2.50. The zero-order valence-corrected chi connectivity index (χ0v) is 16.9. The third-order valence-corrected chi connectivity index (χ3v) is 6.62. The minimum atomic E-state index is -1.24. The molecule has 2 heterocycles. The smallest absolute Gasteiger partial charge is 0.263 e. The van der Waals surface area contributed by atoms with Crippen LogP contribution in [-0.4, -0.2) is 68.4 Å². The molecule has 0 bridgehead atoms. The highest BCUT2D eigenvalue weighted by Crippen LogP contribution is 2.38. The third kappa shape index (κ3) is 2.43. The second kappa shape index (κ2) is 6.11. The molecule has 0 radical (unpaired) electrons. The molecule has 0 saturated carbocycles. The van der Waals surface area contributed by atoms with E-state index < -0.39 is 17.2 Å². The summed E-state index contributed by atoms with van der Waals surface area (Å²) in [6.45, 7) is 1.71. The summed E-state index contributed by atoms with van der Waals surface area (Å²) in [5.74, 6) is -1.21. The van der Waals surface area contributed by atoms with Crippen molar-refractivity contribution in [3.8, 4) is 0 Å². The lowest BCUT2D eigenvalue weighted by Gasteiger charge is -2.43. The molecule has 132 valence electrons. The van der Waals surface area contributed by atoms with Gasteiger partial charge in [0.05, 0.1) is 16.3 Å². The Balaban J connectivity index is 2.45. The fourth-order valence-electron chi connectivity index (χ4n) is 4.12. The van der Waals surface area contributed by atoms with Gasteiger partial charge in [-0.05, 0) is 12.7 Å². The van der Waals surface area contributed by atoms with Gasteiger partial charge in [0.25, 0.3) is 5.56 Å². The number of rotatable bonds is 1. The number of hydrogen-bond donors (Lipinski definition) is 2. The number of amides is 2. The fraction of sp³-hybridized carbons (Fsp3) is 0.286. The van der Waals surface area contributed by atoms with Crippen LogP contribution >= 0.6 is 0 Å². The van der Waals surface area contributed by atoms with Crippen LogP contribution in [0.1, 0.15) is 5.82 Å². The van der Waals surface area contributed by atoms with Gasteiger partial charge in [-0.2, -0.15) is 0 Å². The number of carbonyl (C=O) groups excluding carboxylic acids is 2. The van der Waals surface area contributed by atoms with Crippen LogP contribution < -0.4 is 33.0 Å². The first kappa shape index (κ1) is 19.5. The van der Waals surface area contributed by atoms with E-state index in [-0.39, 0.29) is 17.3 Å². The average Bonchev–Trinajstić information content (AvgIpc) is 2.61. The van der Waals surface area contributed by atoms with E-state index in [4.69, 9.17) is 5.73 Å². The van der Waals surface area contributed by atoms with E-state index in [0.717, 1.165) is 16.4 Å². The predicted molar refractivity (Wildman–Crippen MR) is 124 cm³/mol. The Morgan fingerprint density at radius 2 is 1.70 bits per heavy atom. The number of carbonyl (C=O) groups is 2. The van der Waals surface area contributed by atoms with Crippen LogP contribution in [0.25, 0.3) is 10.9 Å². The number of anilines is 1. The molecular weight excluding hydrogens is 337 g/mol. The summed E-state index contributed by atoms with van der Waals surface area (Å²) in [6, 6.07) is 0. The maximum absolute atomic E-state index is 13.5. The van der Waals surface area contributed by atoms with Crippen LogP contribution in [0, 0.1) is 6.92 Å². The van der Waals surface area contributed by atoms with E-state index in [0.29, 0.717) is 22.4 Å². The molecule has 3 unspecified atom stereocenters. The molecule has 3 N–H and O–H groups in total. The molecule has 1 aromatic carbocycles. The Labute approximate surface area is 162 Å². The Bertz CT molecular complexity index is 1090. The molecule has 3 rings (SSSR count). The Morgan fingerprint density at radius 1 is 1.11 bits per heavy atom. The van der Waals surface area contributed by atoms with Crippen molar-refractivity contribution in [2.45, 2.75) is 24.0 Å². The van der Waals surface area contributed by atoms with Gasteiger partial charge in [-0.3, -0.25) is 24.3 Å². The molecular formula is C14H20B6N4O3. The molecule has 1 aromatic heterocycles. The van der Waals surface area contributed by atoms with Gasteiger partial charge in [0, 0.05) is 11.5 Å². The largest absolute Gasteiger partial charge is 0.398 e. The molecule has 13 heteroatoms. The summed E-state index contributed by atoms with van der Waals surface area (Å²) in [5, 5.41) is 2.73. The van der Waals surface area contributed by atoms with E-state index in [2.05, 4.69) is 10.3 Å². The minimum Gasteiger partial charge on any atom is -0.398 e. The fourth-order valence-corrected chi connectivity index (χ4v) is 4.12. The molecule has 1 aliphatic heterocycles. The van der Waals surface area contributed by atoms with Crippen molar-refractivity contribution in [2.24, 2.45) is 0 Å². The molecule has 1 fully saturated rings. The minimum absolute atomic E-state index is 0.326. The van der Waals surface area contributed by atoms with Gasteiger partial charge in [-0.25, -0.2) is 4.98 Å². The Hall–Kier alpha value is -2.31. The number of benzene rings is 1. The van der Waals surface area contributed by atoms with Crippen molar-refractivity contribution in [3.05, 3.63) is 16.2 Å². The Kier molecular flexibility index (Phi) is 4.40. The van der Waals surface area contributed by atoms with Crippen molar-refractivity contribution >= 4 is 91.9 Å². The molecule has 0 spiro atoms. The number of aromatic nitrogens is 2. The third-order valence-electron chi connectivity index (χ3n) is 6.62. The van der Waals surface area contributed by atoms with Crippen molar-refractivity contribution in [1.29, 1.82) is 0 Å². The van der Waals surface area contributed by atoms with Crippen molar-refractivity contribution < 1.29 is 9.59 Å². The number of nitrogen functional groups attached to an aromatic ring is 1. The first-order valence-corrected chi connectivity index (χ1v) is 9.08. The van der Waals surface area contributed by atoms with Gasteiger partial charge >= 0.3 is 0 Å². The van der Waals surface area contributed by atoms with E-state index >= 15 is 0 Å². The van der Waals surface area contributed by atoms with E-state index in [9.17, 15) is 14.4 Å². The van der Waals surface area contributed by atoms with Crippen LogP contribution in [0.15, 0.2) is 4.79 Å². The maximum atomic E-state index is 13.5. The van der Waals surface area contributed by atoms with Crippen LogP contribution in [0.4, 0.5) is 5.69 Å². The van der Waals surface area contributed by atoms with Crippen LogP contribution in [-0.2, 0) is 15.0 Å². The van der Waals surface area contributed by atoms with Crippen LogP contribution in [0.5, 0.6) is 0 Å². The highest BCUT2D eigenvalue weighted by atomic mass is 16.2. The predicted octanol–water partition coefficient (Wildman–Crippen LogP) is -8.15. The lowest BCUT2D eigenvalue weighted by molar-refractivity contribution is -0.137. The lowest BCUT2D eigenvalue weighted by atomic mass is 9.49. The maximum Gasteiger partial charge on any atom is 0.263 e. The topological polar surface area (TPSA) is 107 Å². The SMILES string of the molecule is Bc1c(B)c(N)c2c(=O)n(C3(B)C(=O)NC(=O)C(B)C3B)c(C)nc2c1B. The van der Waals surface area contributed by atoms with Crippen LogP contribution in [0.2, 0.25) is 11.6 Å². The van der Waals surface area contributed by atoms with Crippen molar-refractivity contribution in [1.82, 2.24) is 14.9 Å². The van der Waals surface area contributed by atoms with Crippen molar-refractivity contribution in [3.63, 3.8) is 0 Å². The first-order chi connectivity index (χ1) is 12.4. The molecule has 1 aliphatic rings. The number of hydrogen-bond acceptors (Lipinski definition) is 5. The zero-order valence-electron chi connectivity index (χ0n) is 16.9. The molecule has 1 saturated heterocycles. The van der Waals surface area contributed by atoms with E-state index in [1.807, 2.05) is 31.4 Å². The second-order valence-corrected chi connectivity index (χ2v) is 7.86. The summed E-state index contributed by atoms with van der Waals surface area (Å²) in [6.07, 6.45) is 0. The monoisotopic (exact) mass is 358 g/mol. The standard InChI is InChI=1S/C14H20B6N4O3/c1-2-22-9-3(8(21)5(16)4(15)6(9)17)12(26)24(2)14(20)10(19)7(18)11(25)23-13(14)27/h7,10H,15-21H2,1H3,(H,23,25,27). The van der Waals surface area contributed by atoms with Gasteiger partial charge in [-0.1, -0.05) is 16.4 Å². The van der Waals surface area contributed by atoms with Gasteiger partial charge in [0.1, 0.15) is 52.9 Å². The average molecular weight is 357 g/mol. The summed E-state index contributed by atoms with van der Waals surface area (Å²) in [4.78, 5) is 43.1. The second-order valence-electron chi connectivity index (χ2n) is 7.86. The number of nitrogens with one attached hydrogen (secondary N) is 1. The van der Waals surface area contributed by atoms with E-state index in [1.54, 1.807) is 22.6 Å².